The number of urea groups is 1. The zero-order valence-electron chi connectivity index (χ0n) is 26.8. The molecule has 42 heavy (non-hydrogen) atoms. The quantitative estimate of drug-likeness (QED) is 0.290. The minimum Gasteiger partial charge on any atom is -0.393 e. The van der Waals surface area contributed by atoms with E-state index in [1.165, 1.54) is 6.42 Å². The molecule has 7 nitrogen and oxygen atoms in total. The molecule has 6 aliphatic carbocycles. The van der Waals surface area contributed by atoms with Crippen LogP contribution in [0.5, 0.6) is 0 Å². The fourth-order valence-corrected chi connectivity index (χ4v) is 14.4. The number of amides is 2. The molecule has 0 spiro atoms. The van der Waals surface area contributed by atoms with Crippen molar-refractivity contribution >= 4 is 16.1 Å². The van der Waals surface area contributed by atoms with Crippen LogP contribution < -0.4 is 10.0 Å². The third-order valence-corrected chi connectivity index (χ3v) is 17.2. The number of aliphatic hydroxyl groups excluding tert-OH is 2. The Bertz CT molecular complexity index is 1150. The number of nitrogens with one attached hydrogen (secondary N) is 2. The van der Waals surface area contributed by atoms with Gasteiger partial charge >= 0.3 is 6.03 Å². The van der Waals surface area contributed by atoms with Gasteiger partial charge in [0, 0.05) is 6.54 Å². The van der Waals surface area contributed by atoms with Crippen LogP contribution in [0, 0.1) is 64.1 Å². The van der Waals surface area contributed by atoms with Gasteiger partial charge in [0.25, 0.3) is 0 Å². The molecule has 0 saturated heterocycles. The van der Waals surface area contributed by atoms with Crippen LogP contribution in [0.25, 0.3) is 0 Å². The van der Waals surface area contributed by atoms with Gasteiger partial charge in [-0.1, -0.05) is 40.5 Å². The number of hydrogen-bond donors (Lipinski definition) is 4. The minimum absolute atomic E-state index is 0.160. The van der Waals surface area contributed by atoms with Crippen molar-refractivity contribution in [2.24, 2.45) is 64.1 Å². The van der Waals surface area contributed by atoms with Gasteiger partial charge in [-0.15, -0.1) is 0 Å². The molecule has 0 aromatic carbocycles. The summed E-state index contributed by atoms with van der Waals surface area (Å²) in [5.74, 6) is 3.65. The lowest BCUT2D eigenvalue weighted by Crippen LogP contribution is -2.62. The Morgan fingerprint density at radius 3 is 2.31 bits per heavy atom. The van der Waals surface area contributed by atoms with Gasteiger partial charge in [-0.2, -0.15) is 0 Å². The lowest BCUT2D eigenvalue weighted by atomic mass is 9.41. The second kappa shape index (κ2) is 10.9. The Labute approximate surface area is 254 Å². The van der Waals surface area contributed by atoms with Crippen molar-refractivity contribution in [3.05, 3.63) is 0 Å². The highest BCUT2D eigenvalue weighted by atomic mass is 32.2. The van der Waals surface area contributed by atoms with Crippen molar-refractivity contribution in [1.82, 2.24) is 10.0 Å². The predicted octanol–water partition coefficient (Wildman–Crippen LogP) is 5.85. The summed E-state index contributed by atoms with van der Waals surface area (Å²) in [6.45, 7) is 11.8. The molecule has 240 valence electrons. The maximum atomic E-state index is 13.2. The first-order chi connectivity index (χ1) is 19.7. The first-order valence-electron chi connectivity index (χ1n) is 17.4. The average Bonchev–Trinajstić information content (AvgIpc) is 3.62. The Kier molecular flexibility index (Phi) is 8.07. The number of hydrogen-bond acceptors (Lipinski definition) is 5. The van der Waals surface area contributed by atoms with Gasteiger partial charge in [-0.3, -0.25) is 0 Å². The van der Waals surface area contributed by atoms with Gasteiger partial charge in [0.15, 0.2) is 0 Å². The summed E-state index contributed by atoms with van der Waals surface area (Å²) in [5, 5.41) is 25.4. The first-order valence-corrected chi connectivity index (χ1v) is 18.9. The van der Waals surface area contributed by atoms with Crippen LogP contribution in [0.3, 0.4) is 0 Å². The highest BCUT2D eigenvalue weighted by Crippen LogP contribution is 2.69. The van der Waals surface area contributed by atoms with E-state index in [1.54, 1.807) is 0 Å². The van der Waals surface area contributed by atoms with Crippen molar-refractivity contribution in [2.45, 2.75) is 135 Å². The Morgan fingerprint density at radius 1 is 0.929 bits per heavy atom. The van der Waals surface area contributed by atoms with Crippen LogP contribution in [0.4, 0.5) is 4.79 Å². The fourth-order valence-electron chi connectivity index (χ4n) is 12.7. The fraction of sp³-hybridized carbons (Fsp3) is 0.971. The lowest BCUT2D eigenvalue weighted by Gasteiger charge is -2.64. The Morgan fingerprint density at radius 2 is 1.64 bits per heavy atom. The number of fused-ring (bicyclic) bond motifs is 7. The summed E-state index contributed by atoms with van der Waals surface area (Å²) >= 11 is 0. The summed E-state index contributed by atoms with van der Waals surface area (Å²) in [5.41, 5.74) is 0.390. The molecular formula is C34H58N2O5S. The molecule has 3 unspecified atom stereocenters. The van der Waals surface area contributed by atoms with E-state index in [0.29, 0.717) is 54.4 Å². The molecule has 6 saturated carbocycles. The third-order valence-electron chi connectivity index (χ3n) is 15.0. The normalized spacial score (nSPS) is 50.5. The highest BCUT2D eigenvalue weighted by molar-refractivity contribution is 7.91. The van der Waals surface area contributed by atoms with Crippen LogP contribution in [0.2, 0.25) is 0 Å². The molecule has 4 N–H and O–H groups in total. The van der Waals surface area contributed by atoms with Crippen molar-refractivity contribution in [3.63, 3.8) is 0 Å². The van der Waals surface area contributed by atoms with E-state index >= 15 is 0 Å². The standard InChI is InChI=1S/C34H58N2O5S/c1-6-24-28-18-23(37)11-14-33(28,4)27-12-15-32(3)25(9-10-26(32)29(27)30(24)38)20(2)13-16-35-31(39)36-42(40,41)34(5)19-21-7-8-22(34)17-21/h20-30,37-38H,6-19H2,1-5H3,(H2,35,36,39)/t20-,21?,22?,23-,24-,25-,26+,27+,28+,29+,30-,32-,33-,34?/m1/s1. The second-order valence-corrected chi connectivity index (χ2v) is 18.8. The monoisotopic (exact) mass is 606 g/mol. The summed E-state index contributed by atoms with van der Waals surface area (Å²) in [7, 11) is -3.72. The lowest BCUT2D eigenvalue weighted by molar-refractivity contribution is -0.203. The maximum Gasteiger partial charge on any atom is 0.328 e. The van der Waals surface area contributed by atoms with Crippen LogP contribution in [-0.4, -0.2) is 48.2 Å². The van der Waals surface area contributed by atoms with Crippen LogP contribution in [0.15, 0.2) is 0 Å². The van der Waals surface area contributed by atoms with Gasteiger partial charge in [-0.05, 0) is 142 Å². The molecule has 2 amide bonds. The molecule has 0 aromatic heterocycles. The van der Waals surface area contributed by atoms with Crippen molar-refractivity contribution in [1.29, 1.82) is 0 Å². The summed E-state index contributed by atoms with van der Waals surface area (Å²) in [4.78, 5) is 12.7. The Balaban J connectivity index is 1.08. The first kappa shape index (κ1) is 31.1. The molecular weight excluding hydrogens is 548 g/mol. The maximum absolute atomic E-state index is 13.2. The molecule has 6 rings (SSSR count). The zero-order valence-corrected chi connectivity index (χ0v) is 27.6. The smallest absolute Gasteiger partial charge is 0.328 e. The minimum atomic E-state index is -3.72. The Hall–Kier alpha value is -0.860. The number of rotatable bonds is 7. The van der Waals surface area contributed by atoms with Crippen molar-refractivity contribution in [2.75, 3.05) is 6.54 Å². The third kappa shape index (κ3) is 4.69. The highest BCUT2D eigenvalue weighted by Gasteiger charge is 2.65. The number of aliphatic hydroxyl groups is 2. The molecule has 8 heteroatoms. The van der Waals surface area contributed by atoms with E-state index < -0.39 is 20.8 Å². The predicted molar refractivity (Wildman–Crippen MR) is 165 cm³/mol. The SMILES string of the molecule is CC[C@H]1[C@@H](O)[C@@H]2[C@H](CC[C@]3(C)[C@@H]([C@H](C)CCNC(=O)NS(=O)(=O)C4(C)CC5CCC4C5)CC[C@@H]23)[C@@]2(C)CC[C@@H](O)C[C@@H]12. The van der Waals surface area contributed by atoms with Gasteiger partial charge in [0.05, 0.1) is 17.0 Å². The molecule has 6 fully saturated rings. The van der Waals surface area contributed by atoms with Crippen LogP contribution in [-0.2, 0) is 10.0 Å². The topological polar surface area (TPSA) is 116 Å². The summed E-state index contributed by atoms with van der Waals surface area (Å²) < 4.78 is 27.9. The molecule has 0 heterocycles. The van der Waals surface area contributed by atoms with Gasteiger partial charge in [-0.25, -0.2) is 17.9 Å². The van der Waals surface area contributed by atoms with E-state index in [9.17, 15) is 23.4 Å². The molecule has 0 aromatic rings. The van der Waals surface area contributed by atoms with Gasteiger partial charge in [0.2, 0.25) is 10.0 Å². The second-order valence-electron chi connectivity index (χ2n) is 16.6. The number of sulfonamides is 1. The van der Waals surface area contributed by atoms with Crippen LogP contribution in [0.1, 0.15) is 118 Å². The van der Waals surface area contributed by atoms with E-state index in [2.05, 4.69) is 37.7 Å². The number of carbonyl (C=O) groups excluding carboxylic acids is 1. The number of carbonyl (C=O) groups is 1. The summed E-state index contributed by atoms with van der Waals surface area (Å²) in [6.07, 6.45) is 12.5. The largest absolute Gasteiger partial charge is 0.393 e. The summed E-state index contributed by atoms with van der Waals surface area (Å²) in [6, 6.07) is -0.585. The van der Waals surface area contributed by atoms with E-state index in [0.717, 1.165) is 70.6 Å². The van der Waals surface area contributed by atoms with E-state index in [1.807, 2.05) is 6.92 Å². The van der Waals surface area contributed by atoms with Crippen molar-refractivity contribution in [3.8, 4) is 0 Å². The molecule has 6 aliphatic rings. The van der Waals surface area contributed by atoms with E-state index in [4.69, 9.17) is 0 Å². The van der Waals surface area contributed by atoms with E-state index in [-0.39, 0.29) is 34.9 Å². The molecule has 14 atom stereocenters. The zero-order chi connectivity index (χ0) is 30.2. The average molecular weight is 607 g/mol. The molecule has 0 radical (unpaired) electrons. The molecule has 0 aliphatic heterocycles. The van der Waals surface area contributed by atoms with Gasteiger partial charge < -0.3 is 15.5 Å². The van der Waals surface area contributed by atoms with Crippen molar-refractivity contribution < 1.29 is 23.4 Å². The van der Waals surface area contributed by atoms with Crippen LogP contribution >= 0.6 is 0 Å². The molecule has 2 bridgehead atoms. The van der Waals surface area contributed by atoms with Gasteiger partial charge in [0.1, 0.15) is 0 Å².